The van der Waals surface area contributed by atoms with E-state index in [1.54, 1.807) is 6.07 Å². The van der Waals surface area contributed by atoms with Crippen LogP contribution in [0.5, 0.6) is 5.75 Å². The number of hydrogen-bond donors (Lipinski definition) is 1. The Morgan fingerprint density at radius 3 is 2.72 bits per heavy atom. The first-order valence-corrected chi connectivity index (χ1v) is 7.17. The monoisotopic (exact) mass is 317 g/mol. The largest absolute Gasteiger partial charge is 0.488 e. The number of hydrogen-bond acceptors (Lipinski definition) is 2. The van der Waals surface area contributed by atoms with Crippen molar-refractivity contribution in [3.8, 4) is 5.75 Å². The van der Waals surface area contributed by atoms with Crippen molar-refractivity contribution in [3.05, 3.63) is 28.5 Å². The Balaban J connectivity index is 2.66. The molecule has 0 aliphatic rings. The zero-order valence-electron chi connectivity index (χ0n) is 11.2. The van der Waals surface area contributed by atoms with Crippen molar-refractivity contribution in [2.24, 2.45) is 0 Å². The van der Waals surface area contributed by atoms with E-state index in [2.05, 4.69) is 42.0 Å². The summed E-state index contributed by atoms with van der Waals surface area (Å²) in [6.07, 6.45) is 2.05. The molecule has 1 aromatic carbocycles. The third kappa shape index (κ3) is 5.36. The molecule has 1 atom stereocenters. The molecule has 0 amide bonds. The summed E-state index contributed by atoms with van der Waals surface area (Å²) in [5.41, 5.74) is 0. The first kappa shape index (κ1) is 15.4. The average molecular weight is 318 g/mol. The zero-order valence-corrected chi connectivity index (χ0v) is 12.8. The molecule has 0 bridgehead atoms. The van der Waals surface area contributed by atoms with Crippen molar-refractivity contribution >= 4 is 15.9 Å². The minimum absolute atomic E-state index is 0.0653. The van der Waals surface area contributed by atoms with E-state index in [1.807, 2.05) is 0 Å². The van der Waals surface area contributed by atoms with Gasteiger partial charge in [-0.2, -0.15) is 0 Å². The highest BCUT2D eigenvalue weighted by atomic mass is 79.9. The van der Waals surface area contributed by atoms with Gasteiger partial charge in [0.2, 0.25) is 0 Å². The molecule has 0 aliphatic carbocycles. The minimum atomic E-state index is -0.278. The number of nitrogens with one attached hydrogen (secondary N) is 1. The smallest absolute Gasteiger partial charge is 0.136 e. The fourth-order valence-electron chi connectivity index (χ4n) is 1.64. The first-order valence-electron chi connectivity index (χ1n) is 6.38. The Morgan fingerprint density at radius 2 is 2.11 bits per heavy atom. The van der Waals surface area contributed by atoms with Gasteiger partial charge >= 0.3 is 0 Å². The van der Waals surface area contributed by atoms with Crippen molar-refractivity contribution in [1.82, 2.24) is 5.32 Å². The van der Waals surface area contributed by atoms with Crippen molar-refractivity contribution in [2.75, 3.05) is 6.54 Å². The van der Waals surface area contributed by atoms with Crippen LogP contribution in [0.25, 0.3) is 0 Å². The average Bonchev–Trinajstić information content (AvgIpc) is 2.31. The second-order valence-corrected chi connectivity index (χ2v) is 5.52. The fourth-order valence-corrected chi connectivity index (χ4v) is 1.98. The summed E-state index contributed by atoms with van der Waals surface area (Å²) in [7, 11) is 0. The molecule has 0 saturated heterocycles. The van der Waals surface area contributed by atoms with E-state index in [-0.39, 0.29) is 11.9 Å². The van der Waals surface area contributed by atoms with Gasteiger partial charge in [0.15, 0.2) is 0 Å². The van der Waals surface area contributed by atoms with Crippen LogP contribution in [-0.2, 0) is 0 Å². The molecule has 0 heterocycles. The maximum absolute atomic E-state index is 13.2. The topological polar surface area (TPSA) is 21.3 Å². The molecule has 0 spiro atoms. The van der Waals surface area contributed by atoms with Gasteiger partial charge in [0.1, 0.15) is 17.7 Å². The van der Waals surface area contributed by atoms with Crippen LogP contribution >= 0.6 is 15.9 Å². The Labute approximate surface area is 117 Å². The summed E-state index contributed by atoms with van der Waals surface area (Å²) in [6.45, 7) is 7.09. The molecule has 0 saturated carbocycles. The zero-order chi connectivity index (χ0) is 13.5. The predicted octanol–water partition coefficient (Wildman–Crippen LogP) is 4.13. The van der Waals surface area contributed by atoms with Crippen LogP contribution in [0.1, 0.15) is 33.6 Å². The summed E-state index contributed by atoms with van der Waals surface area (Å²) in [5, 5.41) is 3.35. The predicted molar refractivity (Wildman–Crippen MR) is 76.6 cm³/mol. The summed E-state index contributed by atoms with van der Waals surface area (Å²) < 4.78 is 19.8. The van der Waals surface area contributed by atoms with Gasteiger partial charge in [-0.3, -0.25) is 0 Å². The third-order valence-corrected chi connectivity index (χ3v) is 3.21. The van der Waals surface area contributed by atoms with E-state index >= 15 is 0 Å². The van der Waals surface area contributed by atoms with Crippen LogP contribution in [0, 0.1) is 5.82 Å². The normalized spacial score (nSPS) is 12.8. The van der Waals surface area contributed by atoms with E-state index in [4.69, 9.17) is 4.74 Å². The van der Waals surface area contributed by atoms with Crippen LogP contribution < -0.4 is 10.1 Å². The summed E-state index contributed by atoms with van der Waals surface area (Å²) in [6, 6.07) is 4.92. The lowest BCUT2D eigenvalue weighted by Crippen LogP contribution is -2.35. The van der Waals surface area contributed by atoms with E-state index < -0.39 is 0 Å². The van der Waals surface area contributed by atoms with Crippen molar-refractivity contribution in [1.29, 1.82) is 0 Å². The molecule has 1 rings (SSSR count). The molecule has 0 radical (unpaired) electrons. The Bertz CT molecular complexity index is 371. The van der Waals surface area contributed by atoms with Crippen LogP contribution in [0.3, 0.4) is 0 Å². The highest BCUT2D eigenvalue weighted by molar-refractivity contribution is 9.10. The van der Waals surface area contributed by atoms with Crippen LogP contribution in [0.15, 0.2) is 22.7 Å². The van der Waals surface area contributed by atoms with Crippen molar-refractivity contribution in [2.45, 2.75) is 45.8 Å². The number of benzene rings is 1. The molecule has 1 unspecified atom stereocenters. The summed E-state index contributed by atoms with van der Waals surface area (Å²) in [5.74, 6) is 0.291. The molecule has 18 heavy (non-hydrogen) atoms. The van der Waals surface area contributed by atoms with Crippen LogP contribution in [0.4, 0.5) is 4.39 Å². The molecule has 102 valence electrons. The third-order valence-electron chi connectivity index (χ3n) is 2.55. The Hall–Kier alpha value is -0.610. The first-order chi connectivity index (χ1) is 8.52. The molecule has 1 aromatic rings. The molecule has 1 N–H and O–H groups in total. The van der Waals surface area contributed by atoms with Gasteiger partial charge in [-0.1, -0.05) is 27.2 Å². The Kier molecular flexibility index (Phi) is 6.65. The van der Waals surface area contributed by atoms with Gasteiger partial charge in [-0.25, -0.2) is 4.39 Å². The SMILES string of the molecule is CCCC(CNC(C)C)Oc1cc(F)ccc1Br. The van der Waals surface area contributed by atoms with Crippen LogP contribution in [0.2, 0.25) is 0 Å². The molecular weight excluding hydrogens is 297 g/mol. The lowest BCUT2D eigenvalue weighted by Gasteiger charge is -2.21. The fraction of sp³-hybridized carbons (Fsp3) is 0.571. The van der Waals surface area contributed by atoms with Gasteiger partial charge < -0.3 is 10.1 Å². The second kappa shape index (κ2) is 7.74. The molecular formula is C14H21BrFNO. The van der Waals surface area contributed by atoms with Gasteiger partial charge in [-0.15, -0.1) is 0 Å². The van der Waals surface area contributed by atoms with Gasteiger partial charge in [-0.05, 0) is 34.5 Å². The van der Waals surface area contributed by atoms with Crippen molar-refractivity contribution < 1.29 is 9.13 Å². The number of ether oxygens (including phenoxy) is 1. The maximum atomic E-state index is 13.2. The quantitative estimate of drug-likeness (QED) is 0.816. The van der Waals surface area contributed by atoms with Gasteiger partial charge in [0.25, 0.3) is 0 Å². The minimum Gasteiger partial charge on any atom is -0.488 e. The molecule has 0 aliphatic heterocycles. The Morgan fingerprint density at radius 1 is 1.39 bits per heavy atom. The molecule has 0 fully saturated rings. The number of rotatable bonds is 7. The highest BCUT2D eigenvalue weighted by Gasteiger charge is 2.12. The van der Waals surface area contributed by atoms with Gasteiger partial charge in [0, 0.05) is 18.7 Å². The molecule has 2 nitrogen and oxygen atoms in total. The lowest BCUT2D eigenvalue weighted by atomic mass is 10.2. The second-order valence-electron chi connectivity index (χ2n) is 4.67. The number of halogens is 2. The van der Waals surface area contributed by atoms with E-state index in [0.29, 0.717) is 11.8 Å². The van der Waals surface area contributed by atoms with Gasteiger partial charge in [0.05, 0.1) is 4.47 Å². The van der Waals surface area contributed by atoms with E-state index in [1.165, 1.54) is 12.1 Å². The summed E-state index contributed by atoms with van der Waals surface area (Å²) in [4.78, 5) is 0. The van der Waals surface area contributed by atoms with Crippen LogP contribution in [-0.4, -0.2) is 18.7 Å². The highest BCUT2D eigenvalue weighted by Crippen LogP contribution is 2.27. The summed E-state index contributed by atoms with van der Waals surface area (Å²) >= 11 is 3.38. The van der Waals surface area contributed by atoms with E-state index in [0.717, 1.165) is 23.9 Å². The van der Waals surface area contributed by atoms with Crippen molar-refractivity contribution in [3.63, 3.8) is 0 Å². The lowest BCUT2D eigenvalue weighted by molar-refractivity contribution is 0.181. The van der Waals surface area contributed by atoms with E-state index in [9.17, 15) is 4.39 Å². The standard InChI is InChI=1S/C14H21BrFNO/c1-4-5-12(9-17-10(2)3)18-14-8-11(16)6-7-13(14)15/h6-8,10,12,17H,4-5,9H2,1-3H3. The molecule has 0 aromatic heterocycles. The maximum Gasteiger partial charge on any atom is 0.136 e. The molecule has 4 heteroatoms.